The van der Waals surface area contributed by atoms with E-state index < -0.39 is 0 Å². The maximum Gasteiger partial charge on any atom is 0.241 e. The number of benzene rings is 1. The molecule has 2 N–H and O–H groups in total. The molecular weight excluding hydrogens is 235 g/mol. The molecule has 0 saturated carbocycles. The second-order valence-electron chi connectivity index (χ2n) is 3.26. The molecule has 1 aromatic carbocycles. The van der Waals surface area contributed by atoms with Crippen LogP contribution >= 0.6 is 24.0 Å². The van der Waals surface area contributed by atoms with E-state index in [-0.39, 0.29) is 24.4 Å². The minimum Gasteiger partial charge on any atom is -0.323 e. The van der Waals surface area contributed by atoms with Crippen LogP contribution < -0.4 is 10.6 Å². The van der Waals surface area contributed by atoms with Gasteiger partial charge in [0.2, 0.25) is 5.91 Å². The zero-order valence-electron chi connectivity index (χ0n) is 8.00. The van der Waals surface area contributed by atoms with Crippen LogP contribution in [0.3, 0.4) is 0 Å². The Morgan fingerprint density at radius 2 is 2.13 bits per heavy atom. The number of anilines is 1. The highest BCUT2D eigenvalue weighted by Gasteiger charge is 2.24. The van der Waals surface area contributed by atoms with E-state index in [4.69, 9.17) is 11.6 Å². The molecule has 1 fully saturated rings. The lowest BCUT2D eigenvalue weighted by Crippen LogP contribution is -2.50. The lowest BCUT2D eigenvalue weighted by atomic mass is 10.1. The molecule has 2 rings (SSSR count). The Hall–Kier alpha value is -0.770. The number of hydrogen-bond donors (Lipinski definition) is 2. The first-order chi connectivity index (χ1) is 6.77. The highest BCUT2D eigenvalue weighted by atomic mass is 35.5. The minimum absolute atomic E-state index is 0. The topological polar surface area (TPSA) is 41.1 Å². The quantitative estimate of drug-likeness (QED) is 0.839. The number of para-hydroxylation sites is 1. The predicted molar refractivity (Wildman–Crippen MR) is 63.7 cm³/mol. The van der Waals surface area contributed by atoms with Crippen LogP contribution in [0.1, 0.15) is 6.42 Å². The average Bonchev–Trinajstić information content (AvgIpc) is 2.05. The first-order valence-electron chi connectivity index (χ1n) is 4.56. The molecule has 15 heavy (non-hydrogen) atoms. The summed E-state index contributed by atoms with van der Waals surface area (Å²) in [6.45, 7) is 0.917. The summed E-state index contributed by atoms with van der Waals surface area (Å²) in [7, 11) is 0. The van der Waals surface area contributed by atoms with E-state index in [0.717, 1.165) is 13.0 Å². The highest BCUT2D eigenvalue weighted by molar-refractivity contribution is 6.33. The second kappa shape index (κ2) is 5.35. The third-order valence-corrected chi connectivity index (χ3v) is 2.60. The zero-order chi connectivity index (χ0) is 9.97. The van der Waals surface area contributed by atoms with E-state index in [1.54, 1.807) is 12.1 Å². The number of carbonyl (C=O) groups is 1. The molecule has 82 valence electrons. The van der Waals surface area contributed by atoms with Crippen LogP contribution in [-0.4, -0.2) is 18.5 Å². The number of carbonyl (C=O) groups excluding carboxylic acids is 1. The van der Waals surface area contributed by atoms with Crippen LogP contribution in [0.15, 0.2) is 24.3 Å². The molecule has 0 bridgehead atoms. The lowest BCUT2D eigenvalue weighted by molar-refractivity contribution is -0.119. The number of nitrogens with one attached hydrogen (secondary N) is 2. The van der Waals surface area contributed by atoms with Gasteiger partial charge in [-0.2, -0.15) is 0 Å². The van der Waals surface area contributed by atoms with Gasteiger partial charge in [-0.25, -0.2) is 0 Å². The van der Waals surface area contributed by atoms with Crippen molar-refractivity contribution in [2.24, 2.45) is 0 Å². The SMILES string of the molecule is Cl.O=C(Nc1ccccc1Cl)[C@H]1CCN1. The van der Waals surface area contributed by atoms with E-state index in [2.05, 4.69) is 10.6 Å². The lowest BCUT2D eigenvalue weighted by Gasteiger charge is -2.26. The van der Waals surface area contributed by atoms with Crippen molar-refractivity contribution in [2.45, 2.75) is 12.5 Å². The molecule has 1 aliphatic heterocycles. The summed E-state index contributed by atoms with van der Waals surface area (Å²) in [5.41, 5.74) is 0.674. The van der Waals surface area contributed by atoms with E-state index in [1.165, 1.54) is 0 Å². The monoisotopic (exact) mass is 246 g/mol. The summed E-state index contributed by atoms with van der Waals surface area (Å²) in [5, 5.41) is 6.38. The fourth-order valence-corrected chi connectivity index (χ4v) is 1.48. The summed E-state index contributed by atoms with van der Waals surface area (Å²) in [5.74, 6) is -0.00986. The molecule has 3 nitrogen and oxygen atoms in total. The van der Waals surface area contributed by atoms with Gasteiger partial charge in [0, 0.05) is 0 Å². The predicted octanol–water partition coefficient (Wildman–Crippen LogP) is 2.06. The third-order valence-electron chi connectivity index (χ3n) is 2.27. The minimum atomic E-state index is -0.0497. The number of amides is 1. The molecule has 1 aromatic rings. The Labute approximate surface area is 99.6 Å². The van der Waals surface area contributed by atoms with Crippen LogP contribution in [0, 0.1) is 0 Å². The normalized spacial score (nSPS) is 18.6. The van der Waals surface area contributed by atoms with Gasteiger partial charge in [0.25, 0.3) is 0 Å². The largest absolute Gasteiger partial charge is 0.323 e. The molecule has 5 heteroatoms. The van der Waals surface area contributed by atoms with Crippen LogP contribution in [0.25, 0.3) is 0 Å². The standard InChI is InChI=1S/C10H11ClN2O.ClH/c11-7-3-1-2-4-8(7)13-10(14)9-5-6-12-9;/h1-4,9,12H,5-6H2,(H,13,14);1H/t9-;/m1./s1. The number of rotatable bonds is 2. The second-order valence-corrected chi connectivity index (χ2v) is 3.67. The van der Waals surface area contributed by atoms with Crippen LogP contribution in [0.4, 0.5) is 5.69 Å². The Morgan fingerprint density at radius 3 is 2.67 bits per heavy atom. The van der Waals surface area contributed by atoms with Gasteiger partial charge in [-0.05, 0) is 25.1 Å². The van der Waals surface area contributed by atoms with Crippen molar-refractivity contribution in [3.8, 4) is 0 Å². The molecule has 1 saturated heterocycles. The van der Waals surface area contributed by atoms with Gasteiger partial charge in [-0.15, -0.1) is 12.4 Å². The van der Waals surface area contributed by atoms with Gasteiger partial charge in [-0.1, -0.05) is 23.7 Å². The van der Waals surface area contributed by atoms with Gasteiger partial charge in [0.15, 0.2) is 0 Å². The molecule has 0 unspecified atom stereocenters. The van der Waals surface area contributed by atoms with Gasteiger partial charge in [-0.3, -0.25) is 4.79 Å². The van der Waals surface area contributed by atoms with Gasteiger partial charge >= 0.3 is 0 Å². The van der Waals surface area contributed by atoms with E-state index in [0.29, 0.717) is 10.7 Å². The van der Waals surface area contributed by atoms with E-state index in [1.807, 2.05) is 12.1 Å². The van der Waals surface area contributed by atoms with Crippen LogP contribution in [-0.2, 0) is 4.79 Å². The Morgan fingerprint density at radius 1 is 1.47 bits per heavy atom. The van der Waals surface area contributed by atoms with Crippen LogP contribution in [0.5, 0.6) is 0 Å². The Kier molecular flexibility index (Phi) is 4.39. The summed E-state index contributed by atoms with van der Waals surface area (Å²) in [6, 6.07) is 7.17. The molecule has 1 aliphatic rings. The summed E-state index contributed by atoms with van der Waals surface area (Å²) < 4.78 is 0. The van der Waals surface area contributed by atoms with Gasteiger partial charge in [0.1, 0.15) is 0 Å². The molecule has 0 aromatic heterocycles. The first-order valence-corrected chi connectivity index (χ1v) is 4.94. The third kappa shape index (κ3) is 2.84. The maximum absolute atomic E-state index is 11.5. The van der Waals surface area contributed by atoms with E-state index in [9.17, 15) is 4.79 Å². The van der Waals surface area contributed by atoms with Crippen molar-refractivity contribution in [3.05, 3.63) is 29.3 Å². The molecule has 1 heterocycles. The average molecular weight is 247 g/mol. The fourth-order valence-electron chi connectivity index (χ4n) is 1.29. The highest BCUT2D eigenvalue weighted by Crippen LogP contribution is 2.21. The van der Waals surface area contributed by atoms with Crippen molar-refractivity contribution < 1.29 is 4.79 Å². The molecule has 0 aliphatic carbocycles. The first kappa shape index (κ1) is 12.3. The summed E-state index contributed by atoms with van der Waals surface area (Å²) in [4.78, 5) is 11.5. The van der Waals surface area contributed by atoms with Gasteiger partial charge in [0.05, 0.1) is 16.8 Å². The van der Waals surface area contributed by atoms with E-state index >= 15 is 0 Å². The number of halogens is 2. The molecular formula is C10H12Cl2N2O. The smallest absolute Gasteiger partial charge is 0.241 e. The summed E-state index contributed by atoms with van der Waals surface area (Å²) >= 11 is 5.90. The molecule has 1 amide bonds. The molecule has 0 spiro atoms. The number of hydrogen-bond acceptors (Lipinski definition) is 2. The zero-order valence-corrected chi connectivity index (χ0v) is 9.57. The summed E-state index contributed by atoms with van der Waals surface area (Å²) in [6.07, 6.45) is 0.899. The van der Waals surface area contributed by atoms with Crippen LogP contribution in [0.2, 0.25) is 5.02 Å². The Balaban J connectivity index is 0.00000112. The Bertz CT molecular complexity index is 353. The van der Waals surface area contributed by atoms with Crippen molar-refractivity contribution in [3.63, 3.8) is 0 Å². The van der Waals surface area contributed by atoms with Crippen molar-refractivity contribution >= 4 is 35.6 Å². The molecule has 1 atom stereocenters. The molecule has 0 radical (unpaired) electrons. The maximum atomic E-state index is 11.5. The van der Waals surface area contributed by atoms with Crippen molar-refractivity contribution in [1.82, 2.24) is 5.32 Å². The van der Waals surface area contributed by atoms with Gasteiger partial charge < -0.3 is 10.6 Å². The van der Waals surface area contributed by atoms with Crippen molar-refractivity contribution in [1.29, 1.82) is 0 Å². The van der Waals surface area contributed by atoms with Crippen molar-refractivity contribution in [2.75, 3.05) is 11.9 Å². The fraction of sp³-hybridized carbons (Fsp3) is 0.300.